The number of halogens is 3. The molecule has 26 heavy (non-hydrogen) atoms. The van der Waals surface area contributed by atoms with E-state index in [9.17, 15) is 22.8 Å². The molecule has 11 heteroatoms. The third kappa shape index (κ3) is 5.70. The van der Waals surface area contributed by atoms with Crippen LogP contribution in [-0.2, 0) is 15.7 Å². The Hall–Kier alpha value is -2.14. The van der Waals surface area contributed by atoms with Gasteiger partial charge in [-0.1, -0.05) is 0 Å². The van der Waals surface area contributed by atoms with E-state index in [0.29, 0.717) is 13.1 Å². The maximum absolute atomic E-state index is 13.0. The summed E-state index contributed by atoms with van der Waals surface area (Å²) in [5, 5.41) is 10.9. The molecule has 1 aromatic rings. The summed E-state index contributed by atoms with van der Waals surface area (Å²) < 4.78 is 44.3. The van der Waals surface area contributed by atoms with Crippen LogP contribution in [-0.4, -0.2) is 66.4 Å². The highest BCUT2D eigenvalue weighted by Gasteiger charge is 2.37. The molecule has 3 N–H and O–H groups in total. The van der Waals surface area contributed by atoms with Crippen molar-refractivity contribution >= 4 is 11.6 Å². The Bertz CT molecular complexity index is 659. The Morgan fingerprint density at radius 2 is 2.12 bits per heavy atom. The first-order valence-electron chi connectivity index (χ1n) is 8.26. The molecule has 1 aliphatic rings. The SMILES string of the molecule is C[C@@H](COCCC(=O)N1CCNCC1)Nc1cn[nH]c(=O)c1C(F)(F)F. The predicted octanol–water partition coefficient (Wildman–Crippen LogP) is 0.428. The number of ether oxygens (including phenoxy) is 1. The van der Waals surface area contributed by atoms with Gasteiger partial charge in [0.1, 0.15) is 5.56 Å². The molecule has 1 amide bonds. The predicted molar refractivity (Wildman–Crippen MR) is 87.8 cm³/mol. The second-order valence-electron chi connectivity index (χ2n) is 5.99. The highest BCUT2D eigenvalue weighted by Crippen LogP contribution is 2.31. The van der Waals surface area contributed by atoms with Crippen LogP contribution in [0.3, 0.4) is 0 Å². The second kappa shape index (κ2) is 8.99. The van der Waals surface area contributed by atoms with Crippen LogP contribution in [0.2, 0.25) is 0 Å². The van der Waals surface area contributed by atoms with Gasteiger partial charge in [-0.25, -0.2) is 5.10 Å². The summed E-state index contributed by atoms with van der Waals surface area (Å²) in [6, 6.07) is -0.506. The minimum absolute atomic E-state index is 0.00902. The van der Waals surface area contributed by atoms with Crippen LogP contribution < -0.4 is 16.2 Å². The fourth-order valence-electron chi connectivity index (χ4n) is 2.59. The molecule has 146 valence electrons. The zero-order chi connectivity index (χ0) is 19.2. The lowest BCUT2D eigenvalue weighted by Crippen LogP contribution is -2.46. The van der Waals surface area contributed by atoms with Crippen molar-refractivity contribution in [3.05, 3.63) is 22.1 Å². The summed E-state index contributed by atoms with van der Waals surface area (Å²) in [4.78, 5) is 25.1. The Labute approximate surface area is 148 Å². The van der Waals surface area contributed by atoms with Crippen molar-refractivity contribution in [2.45, 2.75) is 25.6 Å². The Kier molecular flexibility index (Phi) is 6.98. The summed E-state index contributed by atoms with van der Waals surface area (Å²) in [5.41, 5.74) is -3.04. The van der Waals surface area contributed by atoms with Crippen LogP contribution >= 0.6 is 0 Å². The molecule has 0 aliphatic carbocycles. The van der Waals surface area contributed by atoms with E-state index < -0.39 is 29.0 Å². The maximum Gasteiger partial charge on any atom is 0.423 e. The number of nitrogens with one attached hydrogen (secondary N) is 3. The van der Waals surface area contributed by atoms with Gasteiger partial charge in [-0.2, -0.15) is 18.3 Å². The van der Waals surface area contributed by atoms with Gasteiger partial charge >= 0.3 is 6.18 Å². The second-order valence-corrected chi connectivity index (χ2v) is 5.99. The van der Waals surface area contributed by atoms with E-state index in [2.05, 4.69) is 15.7 Å². The van der Waals surface area contributed by atoms with Gasteiger partial charge in [0.15, 0.2) is 0 Å². The lowest BCUT2D eigenvalue weighted by Gasteiger charge is -2.27. The molecule has 0 unspecified atom stereocenters. The Balaban J connectivity index is 1.79. The molecular formula is C15H22F3N5O3. The fourth-order valence-corrected chi connectivity index (χ4v) is 2.59. The van der Waals surface area contributed by atoms with Gasteiger partial charge in [0.25, 0.3) is 5.56 Å². The minimum atomic E-state index is -4.80. The number of nitrogens with zero attached hydrogens (tertiary/aromatic N) is 2. The van der Waals surface area contributed by atoms with Gasteiger partial charge in [-0.05, 0) is 6.92 Å². The molecule has 0 radical (unpaired) electrons. The number of aromatic nitrogens is 2. The largest absolute Gasteiger partial charge is 0.423 e. The molecule has 1 saturated heterocycles. The molecule has 8 nitrogen and oxygen atoms in total. The first kappa shape index (κ1) is 20.2. The van der Waals surface area contributed by atoms with Gasteiger partial charge in [-0.3, -0.25) is 9.59 Å². The maximum atomic E-state index is 13.0. The van der Waals surface area contributed by atoms with Gasteiger partial charge in [0.05, 0.1) is 31.5 Å². The van der Waals surface area contributed by atoms with Crippen LogP contribution in [0, 0.1) is 0 Å². The third-order valence-electron chi connectivity index (χ3n) is 3.84. The number of carbonyl (C=O) groups is 1. The molecule has 1 aromatic heterocycles. The van der Waals surface area contributed by atoms with E-state index in [0.717, 1.165) is 19.3 Å². The number of hydrogen-bond donors (Lipinski definition) is 3. The number of hydrogen-bond acceptors (Lipinski definition) is 6. The van der Waals surface area contributed by atoms with Gasteiger partial charge in [-0.15, -0.1) is 0 Å². The summed E-state index contributed by atoms with van der Waals surface area (Å²) in [6.45, 7) is 4.71. The molecule has 2 heterocycles. The van der Waals surface area contributed by atoms with Crippen molar-refractivity contribution in [3.8, 4) is 0 Å². The number of rotatable bonds is 7. The van der Waals surface area contributed by atoms with Gasteiger partial charge in [0.2, 0.25) is 5.91 Å². The van der Waals surface area contributed by atoms with Crippen molar-refractivity contribution < 1.29 is 22.7 Å². The molecule has 0 spiro atoms. The topological polar surface area (TPSA) is 99.3 Å². The smallest absolute Gasteiger partial charge is 0.379 e. The quantitative estimate of drug-likeness (QED) is 0.596. The van der Waals surface area contributed by atoms with E-state index in [1.807, 2.05) is 0 Å². The van der Waals surface area contributed by atoms with Crippen LogP contribution in [0.1, 0.15) is 18.9 Å². The van der Waals surface area contributed by atoms with Crippen molar-refractivity contribution in [2.24, 2.45) is 0 Å². The van der Waals surface area contributed by atoms with E-state index in [-0.39, 0.29) is 25.5 Å². The summed E-state index contributed by atoms with van der Waals surface area (Å²) in [5.74, 6) is -0.00902. The van der Waals surface area contributed by atoms with E-state index >= 15 is 0 Å². The molecule has 1 fully saturated rings. The minimum Gasteiger partial charge on any atom is -0.379 e. The number of piperazine rings is 1. The highest BCUT2D eigenvalue weighted by molar-refractivity contribution is 5.76. The number of amides is 1. The average molecular weight is 377 g/mol. The average Bonchev–Trinajstić information content (AvgIpc) is 2.58. The number of H-pyrrole nitrogens is 1. The summed E-state index contributed by atoms with van der Waals surface area (Å²) in [7, 11) is 0. The summed E-state index contributed by atoms with van der Waals surface area (Å²) >= 11 is 0. The summed E-state index contributed by atoms with van der Waals surface area (Å²) in [6.07, 6.45) is -3.67. The van der Waals surface area contributed by atoms with E-state index in [1.54, 1.807) is 16.9 Å². The van der Waals surface area contributed by atoms with Crippen LogP contribution in [0.15, 0.2) is 11.0 Å². The monoisotopic (exact) mass is 377 g/mol. The molecule has 1 aliphatic heterocycles. The lowest BCUT2D eigenvalue weighted by molar-refractivity contribution is -0.138. The van der Waals surface area contributed by atoms with Crippen molar-refractivity contribution in [2.75, 3.05) is 44.7 Å². The highest BCUT2D eigenvalue weighted by atomic mass is 19.4. The standard InChI is InChI=1S/C15H22F3N5O3/c1-10(9-26-7-2-12(24)23-5-3-19-4-6-23)21-11-8-20-22-14(25)13(11)15(16,17)18/h8,10,19H,2-7,9H2,1H3,(H2,21,22,25)/t10-/m0/s1. The van der Waals surface area contributed by atoms with E-state index in [4.69, 9.17) is 4.74 Å². The number of alkyl halides is 3. The first-order valence-corrected chi connectivity index (χ1v) is 8.26. The normalized spacial score (nSPS) is 16.4. The number of carbonyl (C=O) groups excluding carboxylic acids is 1. The van der Waals surface area contributed by atoms with Crippen LogP contribution in [0.4, 0.5) is 18.9 Å². The molecule has 1 atom stereocenters. The fraction of sp³-hybridized carbons (Fsp3) is 0.667. The Morgan fingerprint density at radius 3 is 2.77 bits per heavy atom. The van der Waals surface area contributed by atoms with Gasteiger partial charge < -0.3 is 20.3 Å². The van der Waals surface area contributed by atoms with Crippen LogP contribution in [0.5, 0.6) is 0 Å². The van der Waals surface area contributed by atoms with Crippen LogP contribution in [0.25, 0.3) is 0 Å². The first-order chi connectivity index (χ1) is 12.3. The van der Waals surface area contributed by atoms with Gasteiger partial charge in [0, 0.05) is 32.2 Å². The van der Waals surface area contributed by atoms with Crippen molar-refractivity contribution in [3.63, 3.8) is 0 Å². The van der Waals surface area contributed by atoms with Crippen molar-refractivity contribution in [1.82, 2.24) is 20.4 Å². The molecular weight excluding hydrogens is 355 g/mol. The lowest BCUT2D eigenvalue weighted by atomic mass is 10.2. The molecule has 0 bridgehead atoms. The molecule has 0 aromatic carbocycles. The zero-order valence-electron chi connectivity index (χ0n) is 14.4. The number of anilines is 1. The molecule has 0 saturated carbocycles. The third-order valence-corrected chi connectivity index (χ3v) is 3.84. The van der Waals surface area contributed by atoms with E-state index in [1.165, 1.54) is 0 Å². The van der Waals surface area contributed by atoms with Crippen molar-refractivity contribution in [1.29, 1.82) is 0 Å². The number of aromatic amines is 1. The Morgan fingerprint density at radius 1 is 1.42 bits per heavy atom. The molecule has 2 rings (SSSR count). The zero-order valence-corrected chi connectivity index (χ0v) is 14.4.